The van der Waals surface area contributed by atoms with Crippen molar-refractivity contribution in [3.05, 3.63) is 53.1 Å². The predicted octanol–water partition coefficient (Wildman–Crippen LogP) is 3.95. The van der Waals surface area contributed by atoms with Gasteiger partial charge in [0.15, 0.2) is 0 Å². The lowest BCUT2D eigenvalue weighted by Gasteiger charge is -1.91. The van der Waals surface area contributed by atoms with Crippen LogP contribution in [0.1, 0.15) is 12.5 Å². The Balaban J connectivity index is 2.60. The molecule has 1 aromatic rings. The summed E-state index contributed by atoms with van der Waals surface area (Å²) in [4.78, 5) is 0. The summed E-state index contributed by atoms with van der Waals surface area (Å²) in [6.45, 7) is 1.74. The van der Waals surface area contributed by atoms with Gasteiger partial charge in [0.25, 0.3) is 0 Å². The fraction of sp³-hybridized carbons (Fsp3) is 0.0833. The molecule has 0 fully saturated rings. The Kier molecular flexibility index (Phi) is 4.14. The first-order chi connectivity index (χ1) is 6.68. The maximum absolute atomic E-state index is 7.17. The van der Waals surface area contributed by atoms with Crippen molar-refractivity contribution in [2.75, 3.05) is 0 Å². The number of rotatable bonds is 3. The van der Waals surface area contributed by atoms with Crippen LogP contribution in [0.5, 0.6) is 0 Å². The molecule has 0 spiro atoms. The molecule has 0 radical (unpaired) electrons. The van der Waals surface area contributed by atoms with Crippen LogP contribution in [0, 0.1) is 5.41 Å². The first-order valence-electron chi connectivity index (χ1n) is 4.34. The molecule has 0 aromatic heterocycles. The van der Waals surface area contributed by atoms with E-state index in [0.717, 1.165) is 10.6 Å². The highest BCUT2D eigenvalue weighted by molar-refractivity contribution is 6.30. The zero-order chi connectivity index (χ0) is 10.4. The van der Waals surface area contributed by atoms with E-state index in [1.54, 1.807) is 13.0 Å². The smallest absolute Gasteiger partial charge is 0.0406 e. The molecule has 72 valence electrons. The van der Waals surface area contributed by atoms with Gasteiger partial charge in [-0.25, -0.2) is 0 Å². The van der Waals surface area contributed by atoms with Gasteiger partial charge >= 0.3 is 0 Å². The number of hydrogen-bond donors (Lipinski definition) is 1. The van der Waals surface area contributed by atoms with Crippen molar-refractivity contribution in [2.24, 2.45) is 0 Å². The molecule has 1 N–H and O–H groups in total. The minimum absolute atomic E-state index is 0.547. The van der Waals surface area contributed by atoms with E-state index in [1.807, 2.05) is 42.5 Å². The third kappa shape index (κ3) is 4.06. The van der Waals surface area contributed by atoms with Gasteiger partial charge in [-0.05, 0) is 30.7 Å². The van der Waals surface area contributed by atoms with Crippen molar-refractivity contribution >= 4 is 23.4 Å². The first kappa shape index (κ1) is 10.7. The van der Waals surface area contributed by atoms with E-state index in [0.29, 0.717) is 5.71 Å². The fourth-order valence-corrected chi connectivity index (χ4v) is 1.07. The quantitative estimate of drug-likeness (QED) is 0.571. The van der Waals surface area contributed by atoms with Crippen LogP contribution < -0.4 is 0 Å². The van der Waals surface area contributed by atoms with Gasteiger partial charge in [-0.1, -0.05) is 42.0 Å². The Morgan fingerprint density at radius 1 is 1.21 bits per heavy atom. The maximum Gasteiger partial charge on any atom is 0.0406 e. The molecular formula is C12H12ClN. The normalized spacial score (nSPS) is 11.3. The summed E-state index contributed by atoms with van der Waals surface area (Å²) in [7, 11) is 0. The number of halogens is 1. The second kappa shape index (κ2) is 5.40. The molecule has 2 heteroatoms. The van der Waals surface area contributed by atoms with Gasteiger partial charge in [0.05, 0.1) is 0 Å². The molecular weight excluding hydrogens is 194 g/mol. The van der Waals surface area contributed by atoms with E-state index in [9.17, 15) is 0 Å². The molecule has 1 nitrogen and oxygen atoms in total. The number of benzene rings is 1. The van der Waals surface area contributed by atoms with Crippen LogP contribution in [0.2, 0.25) is 5.02 Å². The van der Waals surface area contributed by atoms with Crippen molar-refractivity contribution in [3.8, 4) is 0 Å². The Bertz CT molecular complexity index is 360. The van der Waals surface area contributed by atoms with Crippen LogP contribution in [0.25, 0.3) is 6.08 Å². The lowest BCUT2D eigenvalue weighted by molar-refractivity contribution is 1.50. The Morgan fingerprint density at radius 2 is 1.86 bits per heavy atom. The highest BCUT2D eigenvalue weighted by Gasteiger charge is 1.85. The summed E-state index contributed by atoms with van der Waals surface area (Å²) in [5.41, 5.74) is 1.65. The minimum Gasteiger partial charge on any atom is -0.306 e. The average molecular weight is 206 g/mol. The SMILES string of the molecule is CC(=N)/C=C\C=C\c1ccc(Cl)cc1. The molecule has 1 rings (SSSR count). The number of nitrogens with one attached hydrogen (secondary N) is 1. The summed E-state index contributed by atoms with van der Waals surface area (Å²) >= 11 is 5.75. The average Bonchev–Trinajstić information content (AvgIpc) is 2.15. The third-order valence-corrected chi connectivity index (χ3v) is 1.87. The van der Waals surface area contributed by atoms with Crippen molar-refractivity contribution in [1.82, 2.24) is 0 Å². The molecule has 14 heavy (non-hydrogen) atoms. The molecule has 0 aliphatic heterocycles. The third-order valence-electron chi connectivity index (χ3n) is 1.62. The van der Waals surface area contributed by atoms with Crippen molar-refractivity contribution in [1.29, 1.82) is 5.41 Å². The summed E-state index contributed by atoms with van der Waals surface area (Å²) < 4.78 is 0. The van der Waals surface area contributed by atoms with Gasteiger partial charge in [-0.3, -0.25) is 0 Å². The molecule has 0 saturated heterocycles. The first-order valence-corrected chi connectivity index (χ1v) is 4.72. The van der Waals surface area contributed by atoms with E-state index >= 15 is 0 Å². The lowest BCUT2D eigenvalue weighted by atomic mass is 10.2. The molecule has 0 saturated carbocycles. The topological polar surface area (TPSA) is 23.9 Å². The second-order valence-electron chi connectivity index (χ2n) is 2.95. The highest BCUT2D eigenvalue weighted by atomic mass is 35.5. The summed E-state index contributed by atoms with van der Waals surface area (Å²) in [6, 6.07) is 7.60. The molecule has 0 amide bonds. The molecule has 0 unspecified atom stereocenters. The predicted molar refractivity (Wildman–Crippen MR) is 63.0 cm³/mol. The van der Waals surface area contributed by atoms with E-state index in [2.05, 4.69) is 0 Å². The molecule has 0 atom stereocenters. The Morgan fingerprint density at radius 3 is 2.43 bits per heavy atom. The molecule has 0 bridgehead atoms. The number of allylic oxidation sites excluding steroid dienone is 3. The lowest BCUT2D eigenvalue weighted by Crippen LogP contribution is -1.75. The molecule has 0 aliphatic carbocycles. The van der Waals surface area contributed by atoms with Crippen LogP contribution in [-0.4, -0.2) is 5.71 Å². The minimum atomic E-state index is 0.547. The number of hydrogen-bond acceptors (Lipinski definition) is 1. The highest BCUT2D eigenvalue weighted by Crippen LogP contribution is 2.10. The van der Waals surface area contributed by atoms with Crippen LogP contribution >= 0.6 is 11.6 Å². The van der Waals surface area contributed by atoms with Crippen molar-refractivity contribution < 1.29 is 0 Å². The van der Waals surface area contributed by atoms with E-state index in [1.165, 1.54) is 0 Å². The zero-order valence-corrected chi connectivity index (χ0v) is 8.75. The maximum atomic E-state index is 7.17. The van der Waals surface area contributed by atoms with Crippen LogP contribution in [0.3, 0.4) is 0 Å². The van der Waals surface area contributed by atoms with Gasteiger partial charge in [-0.15, -0.1) is 0 Å². The molecule has 0 heterocycles. The molecule has 0 aliphatic rings. The fourth-order valence-electron chi connectivity index (χ4n) is 0.940. The second-order valence-corrected chi connectivity index (χ2v) is 3.39. The zero-order valence-electron chi connectivity index (χ0n) is 8.00. The van der Waals surface area contributed by atoms with Crippen LogP contribution in [-0.2, 0) is 0 Å². The van der Waals surface area contributed by atoms with Gasteiger partial charge in [-0.2, -0.15) is 0 Å². The summed E-state index contributed by atoms with van der Waals surface area (Å²) in [5, 5.41) is 7.91. The largest absolute Gasteiger partial charge is 0.306 e. The molecule has 1 aromatic carbocycles. The van der Waals surface area contributed by atoms with Gasteiger partial charge in [0.2, 0.25) is 0 Å². The van der Waals surface area contributed by atoms with Gasteiger partial charge in [0.1, 0.15) is 0 Å². The van der Waals surface area contributed by atoms with Gasteiger partial charge in [0, 0.05) is 10.7 Å². The van der Waals surface area contributed by atoms with Crippen LogP contribution in [0.15, 0.2) is 42.5 Å². The van der Waals surface area contributed by atoms with Crippen molar-refractivity contribution in [3.63, 3.8) is 0 Å². The van der Waals surface area contributed by atoms with E-state index < -0.39 is 0 Å². The summed E-state index contributed by atoms with van der Waals surface area (Å²) in [5.74, 6) is 0. The van der Waals surface area contributed by atoms with E-state index in [4.69, 9.17) is 17.0 Å². The van der Waals surface area contributed by atoms with Gasteiger partial charge < -0.3 is 5.41 Å². The monoisotopic (exact) mass is 205 g/mol. The summed E-state index contributed by atoms with van der Waals surface area (Å²) in [6.07, 6.45) is 7.46. The van der Waals surface area contributed by atoms with Crippen LogP contribution in [0.4, 0.5) is 0 Å². The van der Waals surface area contributed by atoms with Crippen molar-refractivity contribution in [2.45, 2.75) is 6.92 Å². The Labute approximate surface area is 89.2 Å². The standard InChI is InChI=1S/C12H12ClN/c1-10(14)4-2-3-5-11-6-8-12(13)9-7-11/h2-9,14H,1H3/b4-2-,5-3+,14-10?. The Hall–Kier alpha value is -1.34. The van der Waals surface area contributed by atoms with E-state index in [-0.39, 0.29) is 0 Å².